The van der Waals surface area contributed by atoms with Crippen LogP contribution in [0.25, 0.3) is 11.5 Å². The lowest BCUT2D eigenvalue weighted by Gasteiger charge is -2.26. The molecule has 1 fully saturated rings. The highest BCUT2D eigenvalue weighted by molar-refractivity contribution is 7.10. The molecule has 3 heterocycles. The maximum Gasteiger partial charge on any atom is 0.153 e. The molecule has 0 amide bonds. The summed E-state index contributed by atoms with van der Waals surface area (Å²) in [7, 11) is 0. The first-order valence-corrected chi connectivity index (χ1v) is 6.04. The largest absolute Gasteiger partial charge is 0.463 e. The van der Waals surface area contributed by atoms with Crippen LogP contribution in [0.2, 0.25) is 0 Å². The first-order valence-electron chi connectivity index (χ1n) is 5.27. The fourth-order valence-corrected chi connectivity index (χ4v) is 2.54. The third-order valence-corrected chi connectivity index (χ3v) is 3.45. The minimum absolute atomic E-state index is 0.800. The molecular formula is C11H12N2O2S. The van der Waals surface area contributed by atoms with E-state index in [2.05, 4.69) is 15.3 Å². The van der Waals surface area contributed by atoms with E-state index in [1.54, 1.807) is 6.26 Å². The van der Waals surface area contributed by atoms with Crippen LogP contribution in [0.3, 0.4) is 0 Å². The Morgan fingerprint density at radius 3 is 2.94 bits per heavy atom. The van der Waals surface area contributed by atoms with Gasteiger partial charge in [-0.05, 0) is 23.7 Å². The molecule has 5 heteroatoms. The molecule has 84 valence electrons. The number of morpholine rings is 1. The van der Waals surface area contributed by atoms with Gasteiger partial charge in [0.25, 0.3) is 0 Å². The Balaban J connectivity index is 1.82. The molecule has 1 aliphatic heterocycles. The highest BCUT2D eigenvalue weighted by Crippen LogP contribution is 2.28. The summed E-state index contributed by atoms with van der Waals surface area (Å²) in [6.45, 7) is 3.49. The summed E-state index contributed by atoms with van der Waals surface area (Å²) in [5, 5.41) is 1.19. The number of rotatable bonds is 2. The van der Waals surface area contributed by atoms with Crippen LogP contribution < -0.4 is 4.90 Å². The molecular weight excluding hydrogens is 224 g/mol. The summed E-state index contributed by atoms with van der Waals surface area (Å²) >= 11 is 1.51. The molecule has 1 aliphatic rings. The number of aromatic nitrogens is 1. The lowest BCUT2D eigenvalue weighted by molar-refractivity contribution is 0.123. The SMILES string of the molecule is c1coc(-c2cc(N3CCOCC3)sn2)c1. The van der Waals surface area contributed by atoms with Crippen LogP contribution in [0.1, 0.15) is 0 Å². The van der Waals surface area contributed by atoms with E-state index in [9.17, 15) is 0 Å². The van der Waals surface area contributed by atoms with Gasteiger partial charge in [-0.15, -0.1) is 0 Å². The van der Waals surface area contributed by atoms with E-state index in [4.69, 9.17) is 9.15 Å². The lowest BCUT2D eigenvalue weighted by Crippen LogP contribution is -2.35. The van der Waals surface area contributed by atoms with Crippen LogP contribution >= 0.6 is 11.5 Å². The quantitative estimate of drug-likeness (QED) is 0.801. The fourth-order valence-electron chi connectivity index (χ4n) is 1.74. The van der Waals surface area contributed by atoms with Crippen molar-refractivity contribution >= 4 is 16.5 Å². The molecule has 0 radical (unpaired) electrons. The number of furan rings is 1. The molecule has 2 aromatic rings. The summed E-state index contributed by atoms with van der Waals surface area (Å²) in [5.41, 5.74) is 0.913. The number of nitrogens with zero attached hydrogens (tertiary/aromatic N) is 2. The molecule has 2 aromatic heterocycles. The van der Waals surface area contributed by atoms with Crippen molar-refractivity contribution in [3.63, 3.8) is 0 Å². The predicted octanol–water partition coefficient (Wildman–Crippen LogP) is 2.24. The molecule has 4 nitrogen and oxygen atoms in total. The average Bonchev–Trinajstić information content (AvgIpc) is 3.01. The minimum atomic E-state index is 0.800. The molecule has 0 N–H and O–H groups in total. The van der Waals surface area contributed by atoms with Gasteiger partial charge < -0.3 is 14.1 Å². The molecule has 0 aromatic carbocycles. The second-order valence-corrected chi connectivity index (χ2v) is 4.41. The van der Waals surface area contributed by atoms with Gasteiger partial charge in [-0.25, -0.2) is 0 Å². The summed E-state index contributed by atoms with van der Waals surface area (Å²) in [6.07, 6.45) is 1.67. The van der Waals surface area contributed by atoms with Crippen LogP contribution in [-0.2, 0) is 4.74 Å². The molecule has 0 aliphatic carbocycles. The van der Waals surface area contributed by atoms with Crippen molar-refractivity contribution in [2.24, 2.45) is 0 Å². The van der Waals surface area contributed by atoms with Gasteiger partial charge in [-0.3, -0.25) is 0 Å². The molecule has 0 unspecified atom stereocenters. The molecule has 3 rings (SSSR count). The van der Waals surface area contributed by atoms with Gasteiger partial charge in [-0.2, -0.15) is 4.37 Å². The van der Waals surface area contributed by atoms with Crippen LogP contribution in [0, 0.1) is 0 Å². The van der Waals surface area contributed by atoms with E-state index in [1.807, 2.05) is 12.1 Å². The first-order chi connectivity index (χ1) is 7.93. The van der Waals surface area contributed by atoms with Gasteiger partial charge in [-0.1, -0.05) is 0 Å². The normalized spacial score (nSPS) is 16.6. The van der Waals surface area contributed by atoms with Crippen LogP contribution in [0.4, 0.5) is 5.00 Å². The van der Waals surface area contributed by atoms with Gasteiger partial charge in [0, 0.05) is 19.2 Å². The molecule has 16 heavy (non-hydrogen) atoms. The second-order valence-electron chi connectivity index (χ2n) is 3.63. The highest BCUT2D eigenvalue weighted by atomic mass is 32.1. The molecule has 0 atom stereocenters. The maximum atomic E-state index is 5.32. The average molecular weight is 236 g/mol. The van der Waals surface area contributed by atoms with Crippen molar-refractivity contribution in [3.8, 4) is 11.5 Å². The number of hydrogen-bond acceptors (Lipinski definition) is 5. The number of anilines is 1. The summed E-state index contributed by atoms with van der Waals surface area (Å²) in [4.78, 5) is 2.30. The topological polar surface area (TPSA) is 38.5 Å². The minimum Gasteiger partial charge on any atom is -0.463 e. The highest BCUT2D eigenvalue weighted by Gasteiger charge is 2.15. The van der Waals surface area contributed by atoms with Gasteiger partial charge in [0.15, 0.2) is 5.76 Å². The third-order valence-electron chi connectivity index (χ3n) is 2.59. The van der Waals surface area contributed by atoms with E-state index in [0.29, 0.717) is 0 Å². The van der Waals surface area contributed by atoms with E-state index in [0.717, 1.165) is 37.8 Å². The summed E-state index contributed by atoms with van der Waals surface area (Å²) in [5.74, 6) is 0.829. The predicted molar refractivity (Wildman–Crippen MR) is 62.8 cm³/mol. The van der Waals surface area contributed by atoms with Crippen molar-refractivity contribution in [2.75, 3.05) is 31.2 Å². The van der Waals surface area contributed by atoms with Gasteiger partial charge in [0.1, 0.15) is 10.7 Å². The monoisotopic (exact) mass is 236 g/mol. The van der Waals surface area contributed by atoms with Crippen molar-refractivity contribution in [1.82, 2.24) is 4.37 Å². The zero-order valence-electron chi connectivity index (χ0n) is 8.76. The fraction of sp³-hybridized carbons (Fsp3) is 0.364. The van der Waals surface area contributed by atoms with Crippen molar-refractivity contribution < 1.29 is 9.15 Å². The molecule has 0 spiro atoms. The van der Waals surface area contributed by atoms with Crippen molar-refractivity contribution in [2.45, 2.75) is 0 Å². The van der Waals surface area contributed by atoms with Gasteiger partial charge in [0.2, 0.25) is 0 Å². The van der Waals surface area contributed by atoms with E-state index >= 15 is 0 Å². The standard InChI is InChI=1S/C11H12N2O2S/c1-2-10(15-5-1)9-8-11(16-12-9)13-3-6-14-7-4-13/h1-2,5,8H,3-4,6-7H2. The van der Waals surface area contributed by atoms with Crippen LogP contribution in [0.15, 0.2) is 28.9 Å². The second kappa shape index (κ2) is 4.27. The van der Waals surface area contributed by atoms with Crippen molar-refractivity contribution in [1.29, 1.82) is 0 Å². The van der Waals surface area contributed by atoms with E-state index < -0.39 is 0 Å². The Labute approximate surface area is 97.6 Å². The Morgan fingerprint density at radius 2 is 2.19 bits per heavy atom. The Morgan fingerprint density at radius 1 is 1.31 bits per heavy atom. The van der Waals surface area contributed by atoms with E-state index in [-0.39, 0.29) is 0 Å². The van der Waals surface area contributed by atoms with Crippen LogP contribution in [0.5, 0.6) is 0 Å². The Bertz CT molecular complexity index is 446. The van der Waals surface area contributed by atoms with Gasteiger partial charge in [0.05, 0.1) is 19.5 Å². The number of hydrogen-bond donors (Lipinski definition) is 0. The lowest BCUT2D eigenvalue weighted by atomic mass is 10.3. The molecule has 1 saturated heterocycles. The maximum absolute atomic E-state index is 5.32. The zero-order chi connectivity index (χ0) is 10.8. The Kier molecular flexibility index (Phi) is 2.63. The Hall–Kier alpha value is -1.33. The van der Waals surface area contributed by atoms with Crippen molar-refractivity contribution in [3.05, 3.63) is 24.5 Å². The number of ether oxygens (including phenoxy) is 1. The smallest absolute Gasteiger partial charge is 0.153 e. The first kappa shape index (κ1) is 9.86. The zero-order valence-corrected chi connectivity index (χ0v) is 9.57. The van der Waals surface area contributed by atoms with Gasteiger partial charge >= 0.3 is 0 Å². The summed E-state index contributed by atoms with van der Waals surface area (Å²) < 4.78 is 15.0. The molecule has 0 bridgehead atoms. The summed E-state index contributed by atoms with van der Waals surface area (Å²) in [6, 6.07) is 5.88. The third kappa shape index (κ3) is 1.83. The van der Waals surface area contributed by atoms with E-state index in [1.165, 1.54) is 16.5 Å². The van der Waals surface area contributed by atoms with Crippen LogP contribution in [-0.4, -0.2) is 30.7 Å². The molecule has 0 saturated carbocycles.